The smallest absolute Gasteiger partial charge is 0.338 e. The maximum Gasteiger partial charge on any atom is 0.338 e. The Bertz CT molecular complexity index is 959. The van der Waals surface area contributed by atoms with E-state index < -0.39 is 17.5 Å². The molecule has 0 saturated carbocycles. The van der Waals surface area contributed by atoms with E-state index in [-0.39, 0.29) is 28.8 Å². The summed E-state index contributed by atoms with van der Waals surface area (Å²) < 4.78 is 12.8. The molecular weight excluding hydrogens is 378 g/mol. The minimum atomic E-state index is -0.824. The molecule has 0 unspecified atom stereocenters. The second-order valence-corrected chi connectivity index (χ2v) is 7.06. The van der Waals surface area contributed by atoms with Gasteiger partial charge in [0.2, 0.25) is 5.78 Å². The number of hydrogen-bond acceptors (Lipinski definition) is 7. The standard InChI is InChI=1S/C20H23N3O6/c1-12-8-16(13(2)22(12)10-15-4-3-7-28-15)19(24)11-29-20(25)14-5-6-17(21)18(9-14)23(26)27/h5-6,8-9,15H,3-4,7,10-11,21H2,1-2H3/t15-/m1/s1. The Morgan fingerprint density at radius 2 is 2.10 bits per heavy atom. The monoisotopic (exact) mass is 401 g/mol. The van der Waals surface area contributed by atoms with Crippen molar-refractivity contribution in [2.45, 2.75) is 39.3 Å². The molecule has 0 radical (unpaired) electrons. The summed E-state index contributed by atoms with van der Waals surface area (Å²) in [6.07, 6.45) is 2.17. The van der Waals surface area contributed by atoms with Gasteiger partial charge in [-0.05, 0) is 44.9 Å². The SMILES string of the molecule is Cc1cc(C(=O)COC(=O)c2ccc(N)c([N+](=O)[O-])c2)c(C)n1C[C@H]1CCCO1. The van der Waals surface area contributed by atoms with E-state index in [0.29, 0.717) is 12.1 Å². The highest BCUT2D eigenvalue weighted by Gasteiger charge is 2.22. The lowest BCUT2D eigenvalue weighted by Crippen LogP contribution is -2.18. The molecule has 1 aliphatic heterocycles. The fraction of sp³-hybridized carbons (Fsp3) is 0.400. The van der Waals surface area contributed by atoms with Gasteiger partial charge in [0.05, 0.1) is 16.6 Å². The van der Waals surface area contributed by atoms with Crippen LogP contribution in [0.1, 0.15) is 44.9 Å². The molecule has 0 spiro atoms. The minimum Gasteiger partial charge on any atom is -0.454 e. The molecule has 0 amide bonds. The number of nitrogens with zero attached hydrogens (tertiary/aromatic N) is 2. The second-order valence-electron chi connectivity index (χ2n) is 7.06. The summed E-state index contributed by atoms with van der Waals surface area (Å²) in [6.45, 7) is 4.74. The zero-order valence-corrected chi connectivity index (χ0v) is 16.3. The van der Waals surface area contributed by atoms with Crippen molar-refractivity contribution in [2.24, 2.45) is 0 Å². The Kier molecular flexibility index (Phi) is 5.97. The average molecular weight is 401 g/mol. The molecule has 2 aromatic rings. The van der Waals surface area contributed by atoms with Gasteiger partial charge in [0.15, 0.2) is 6.61 Å². The van der Waals surface area contributed by atoms with Crippen LogP contribution in [0.3, 0.4) is 0 Å². The topological polar surface area (TPSA) is 127 Å². The Labute approximate surface area is 167 Å². The number of nitro groups is 1. The van der Waals surface area contributed by atoms with Crippen molar-refractivity contribution < 1.29 is 24.0 Å². The number of nitrogen functional groups attached to an aromatic ring is 1. The van der Waals surface area contributed by atoms with E-state index in [0.717, 1.165) is 36.9 Å². The fourth-order valence-electron chi connectivity index (χ4n) is 3.48. The van der Waals surface area contributed by atoms with Crippen LogP contribution in [-0.4, -0.2) is 40.6 Å². The van der Waals surface area contributed by atoms with Gasteiger partial charge in [0.25, 0.3) is 5.69 Å². The van der Waals surface area contributed by atoms with Crippen LogP contribution in [0.2, 0.25) is 0 Å². The van der Waals surface area contributed by atoms with Gasteiger partial charge in [-0.2, -0.15) is 0 Å². The first kappa shape index (κ1) is 20.5. The Balaban J connectivity index is 1.67. The summed E-state index contributed by atoms with van der Waals surface area (Å²) in [4.78, 5) is 35.0. The summed E-state index contributed by atoms with van der Waals surface area (Å²) in [7, 11) is 0. The molecule has 2 N–H and O–H groups in total. The maximum atomic E-state index is 12.6. The van der Waals surface area contributed by atoms with Gasteiger partial charge in [-0.3, -0.25) is 14.9 Å². The van der Waals surface area contributed by atoms with Gasteiger partial charge in [-0.25, -0.2) is 4.79 Å². The van der Waals surface area contributed by atoms with Crippen molar-refractivity contribution in [1.82, 2.24) is 4.57 Å². The van der Waals surface area contributed by atoms with E-state index >= 15 is 0 Å². The molecule has 3 rings (SSSR count). The van der Waals surface area contributed by atoms with Crippen LogP contribution in [0.25, 0.3) is 0 Å². The Morgan fingerprint density at radius 1 is 1.34 bits per heavy atom. The van der Waals surface area contributed by atoms with Crippen molar-refractivity contribution in [3.8, 4) is 0 Å². The minimum absolute atomic E-state index is 0.0393. The molecular formula is C20H23N3O6. The first-order chi connectivity index (χ1) is 13.8. The zero-order chi connectivity index (χ0) is 21.1. The summed E-state index contributed by atoms with van der Waals surface area (Å²) in [6, 6.07) is 5.39. The number of ether oxygens (including phenoxy) is 2. The van der Waals surface area contributed by atoms with Gasteiger partial charge in [-0.15, -0.1) is 0 Å². The third-order valence-corrected chi connectivity index (χ3v) is 5.08. The van der Waals surface area contributed by atoms with Crippen molar-refractivity contribution in [2.75, 3.05) is 18.9 Å². The molecule has 0 aliphatic carbocycles. The van der Waals surface area contributed by atoms with Crippen molar-refractivity contribution in [3.05, 3.63) is 56.9 Å². The van der Waals surface area contributed by atoms with Gasteiger partial charge < -0.3 is 19.8 Å². The summed E-state index contributed by atoms with van der Waals surface area (Å²) >= 11 is 0. The number of anilines is 1. The lowest BCUT2D eigenvalue weighted by atomic mass is 10.1. The number of esters is 1. The second kappa shape index (κ2) is 8.44. The van der Waals surface area contributed by atoms with Crippen molar-refractivity contribution >= 4 is 23.1 Å². The number of aryl methyl sites for hydroxylation is 1. The summed E-state index contributed by atoms with van der Waals surface area (Å²) in [5.74, 6) is -1.16. The molecule has 1 saturated heterocycles. The molecule has 154 valence electrons. The van der Waals surface area contributed by atoms with E-state index in [1.165, 1.54) is 12.1 Å². The number of aromatic nitrogens is 1. The van der Waals surface area contributed by atoms with Crippen LogP contribution in [0.4, 0.5) is 11.4 Å². The Hall–Kier alpha value is -3.20. The predicted molar refractivity (Wildman–Crippen MR) is 105 cm³/mol. The molecule has 1 aromatic heterocycles. The number of hydrogen-bond donors (Lipinski definition) is 1. The number of nitrogens with two attached hydrogens (primary N) is 1. The summed E-state index contributed by atoms with van der Waals surface area (Å²) in [5, 5.41) is 11.0. The van der Waals surface area contributed by atoms with E-state index in [1.807, 2.05) is 18.4 Å². The van der Waals surface area contributed by atoms with E-state index in [2.05, 4.69) is 0 Å². The highest BCUT2D eigenvalue weighted by molar-refractivity contribution is 6.00. The summed E-state index contributed by atoms with van der Waals surface area (Å²) in [5.41, 5.74) is 7.25. The van der Waals surface area contributed by atoms with E-state index in [4.69, 9.17) is 15.2 Å². The first-order valence-corrected chi connectivity index (χ1v) is 9.30. The van der Waals surface area contributed by atoms with E-state index in [1.54, 1.807) is 6.07 Å². The molecule has 9 heteroatoms. The Morgan fingerprint density at radius 3 is 2.76 bits per heavy atom. The quantitative estimate of drug-likeness (QED) is 0.248. The third-order valence-electron chi connectivity index (χ3n) is 5.08. The highest BCUT2D eigenvalue weighted by Crippen LogP contribution is 2.23. The largest absolute Gasteiger partial charge is 0.454 e. The molecule has 1 aromatic carbocycles. The average Bonchev–Trinajstić information content (AvgIpc) is 3.29. The number of benzene rings is 1. The van der Waals surface area contributed by atoms with Gasteiger partial charge in [0.1, 0.15) is 5.69 Å². The van der Waals surface area contributed by atoms with Crippen LogP contribution in [0, 0.1) is 24.0 Å². The van der Waals surface area contributed by atoms with Crippen LogP contribution in [0.15, 0.2) is 24.3 Å². The van der Waals surface area contributed by atoms with Crippen molar-refractivity contribution in [3.63, 3.8) is 0 Å². The van der Waals surface area contributed by atoms with Gasteiger partial charge in [-0.1, -0.05) is 0 Å². The molecule has 1 fully saturated rings. The molecule has 0 bridgehead atoms. The fourth-order valence-corrected chi connectivity index (χ4v) is 3.48. The zero-order valence-electron chi connectivity index (χ0n) is 16.3. The van der Waals surface area contributed by atoms with Crippen LogP contribution in [0.5, 0.6) is 0 Å². The van der Waals surface area contributed by atoms with Crippen molar-refractivity contribution in [1.29, 1.82) is 0 Å². The first-order valence-electron chi connectivity index (χ1n) is 9.30. The normalized spacial score (nSPS) is 16.0. The number of nitro benzene ring substituents is 1. The lowest BCUT2D eigenvalue weighted by molar-refractivity contribution is -0.383. The molecule has 29 heavy (non-hydrogen) atoms. The predicted octanol–water partition coefficient (Wildman–Crippen LogP) is 2.81. The highest BCUT2D eigenvalue weighted by atomic mass is 16.6. The molecule has 1 atom stereocenters. The number of carbonyl (C=O) groups is 2. The van der Waals surface area contributed by atoms with Gasteiger partial charge in [0, 0.05) is 36.2 Å². The molecule has 1 aliphatic rings. The van der Waals surface area contributed by atoms with Crippen LogP contribution in [-0.2, 0) is 16.0 Å². The number of rotatable bonds is 7. The lowest BCUT2D eigenvalue weighted by Gasteiger charge is -2.14. The van der Waals surface area contributed by atoms with Gasteiger partial charge >= 0.3 is 5.97 Å². The maximum absolute atomic E-state index is 12.6. The third kappa shape index (κ3) is 4.45. The molecule has 2 heterocycles. The van der Waals surface area contributed by atoms with E-state index in [9.17, 15) is 19.7 Å². The number of carbonyl (C=O) groups excluding carboxylic acids is 2. The van der Waals surface area contributed by atoms with Crippen LogP contribution < -0.4 is 5.73 Å². The number of ketones is 1. The van der Waals surface area contributed by atoms with Crippen LogP contribution >= 0.6 is 0 Å². The number of Topliss-reactive ketones (excluding diaryl/α,β-unsaturated/α-hetero) is 1. The molecule has 9 nitrogen and oxygen atoms in total.